The van der Waals surface area contributed by atoms with Gasteiger partial charge in [0.25, 0.3) is 5.91 Å². The summed E-state index contributed by atoms with van der Waals surface area (Å²) in [6, 6.07) is 13.9. The molecule has 0 aromatic heterocycles. The first-order chi connectivity index (χ1) is 14.9. The van der Waals surface area contributed by atoms with Crippen molar-refractivity contribution in [2.75, 3.05) is 57.8 Å². The van der Waals surface area contributed by atoms with Crippen molar-refractivity contribution in [3.05, 3.63) is 64.9 Å². The minimum Gasteiger partial charge on any atom is -0.375 e. The van der Waals surface area contributed by atoms with Crippen molar-refractivity contribution >= 4 is 29.1 Å². The average molecular weight is 447 g/mol. The Kier molecular flexibility index (Phi) is 8.26. The van der Waals surface area contributed by atoms with Crippen molar-refractivity contribution < 1.29 is 14.0 Å². The highest BCUT2D eigenvalue weighted by molar-refractivity contribution is 6.33. The average Bonchev–Trinajstić information content (AvgIpc) is 2.77. The summed E-state index contributed by atoms with van der Waals surface area (Å²) in [6.45, 7) is 4.01. The molecule has 1 saturated heterocycles. The van der Waals surface area contributed by atoms with Crippen molar-refractivity contribution in [2.45, 2.75) is 6.42 Å². The van der Waals surface area contributed by atoms with Gasteiger partial charge < -0.3 is 15.1 Å². The fourth-order valence-corrected chi connectivity index (χ4v) is 3.81. The molecule has 0 bridgehead atoms. The number of hydrogen-bond donors (Lipinski definition) is 1. The van der Waals surface area contributed by atoms with E-state index >= 15 is 0 Å². The van der Waals surface area contributed by atoms with E-state index in [0.29, 0.717) is 44.8 Å². The van der Waals surface area contributed by atoms with E-state index in [1.54, 1.807) is 4.90 Å². The lowest BCUT2D eigenvalue weighted by Crippen LogP contribution is -2.51. The van der Waals surface area contributed by atoms with E-state index in [9.17, 15) is 14.0 Å². The lowest BCUT2D eigenvalue weighted by atomic mass is 10.1. The van der Waals surface area contributed by atoms with E-state index in [1.165, 1.54) is 12.1 Å². The van der Waals surface area contributed by atoms with Crippen molar-refractivity contribution in [1.29, 1.82) is 0 Å². The Morgan fingerprint density at radius 2 is 1.81 bits per heavy atom. The maximum atomic E-state index is 13.2. The summed E-state index contributed by atoms with van der Waals surface area (Å²) >= 11 is 6.00. The molecule has 0 radical (unpaired) electrons. The first-order valence-electron chi connectivity index (χ1n) is 10.4. The number of carbonyl (C=O) groups is 2. The van der Waals surface area contributed by atoms with E-state index < -0.39 is 5.82 Å². The first-order valence-corrected chi connectivity index (χ1v) is 10.8. The van der Waals surface area contributed by atoms with Crippen LogP contribution in [0.4, 0.5) is 10.1 Å². The number of amides is 2. The Balaban J connectivity index is 1.34. The van der Waals surface area contributed by atoms with Gasteiger partial charge in [-0.1, -0.05) is 29.8 Å². The second-order valence-electron chi connectivity index (χ2n) is 7.65. The second-order valence-corrected chi connectivity index (χ2v) is 8.06. The van der Waals surface area contributed by atoms with Gasteiger partial charge in [0.15, 0.2) is 0 Å². The first kappa shape index (κ1) is 23.0. The smallest absolute Gasteiger partial charge is 0.255 e. The Labute approximate surface area is 187 Å². The van der Waals surface area contributed by atoms with Gasteiger partial charge in [-0.05, 0) is 36.8 Å². The van der Waals surface area contributed by atoms with E-state index in [4.69, 9.17) is 11.6 Å². The summed E-state index contributed by atoms with van der Waals surface area (Å²) in [5, 5.41) is 3.08. The van der Waals surface area contributed by atoms with Gasteiger partial charge in [-0.2, -0.15) is 0 Å². The molecule has 1 heterocycles. The molecule has 2 aromatic rings. The monoisotopic (exact) mass is 446 g/mol. The number of benzene rings is 2. The molecule has 1 aliphatic rings. The van der Waals surface area contributed by atoms with Gasteiger partial charge in [0.2, 0.25) is 5.91 Å². The lowest BCUT2D eigenvalue weighted by molar-refractivity contribution is -0.122. The van der Waals surface area contributed by atoms with Crippen molar-refractivity contribution in [1.82, 2.24) is 15.1 Å². The summed E-state index contributed by atoms with van der Waals surface area (Å²) < 4.78 is 13.2. The molecule has 8 heteroatoms. The topological polar surface area (TPSA) is 55.9 Å². The van der Waals surface area contributed by atoms with Gasteiger partial charge in [0.1, 0.15) is 5.82 Å². The van der Waals surface area contributed by atoms with Crippen molar-refractivity contribution in [3.63, 3.8) is 0 Å². The SMILES string of the molecule is CN(CCCNC(=O)CN1CCN(C(=O)c2ccc(F)cc2Cl)CC1)c1ccccc1. The number of halogens is 2. The molecule has 6 nitrogen and oxygen atoms in total. The van der Waals surface area contributed by atoms with Crippen LogP contribution in [0.5, 0.6) is 0 Å². The molecular formula is C23H28ClFN4O2. The molecule has 31 heavy (non-hydrogen) atoms. The van der Waals surface area contributed by atoms with Gasteiger partial charge in [0.05, 0.1) is 17.1 Å². The van der Waals surface area contributed by atoms with Crippen LogP contribution in [-0.4, -0.2) is 74.5 Å². The molecule has 3 rings (SSSR count). The quantitative estimate of drug-likeness (QED) is 0.633. The Morgan fingerprint density at radius 3 is 2.48 bits per heavy atom. The van der Waals surface area contributed by atoms with E-state index in [2.05, 4.69) is 22.3 Å². The molecule has 2 aromatic carbocycles. The second kappa shape index (κ2) is 11.1. The molecule has 1 N–H and O–H groups in total. The van der Waals surface area contributed by atoms with Crippen LogP contribution in [0.25, 0.3) is 0 Å². The molecule has 1 aliphatic heterocycles. The number of nitrogens with one attached hydrogen (secondary N) is 1. The van der Waals surface area contributed by atoms with Crippen LogP contribution in [0, 0.1) is 5.82 Å². The predicted molar refractivity (Wildman–Crippen MR) is 121 cm³/mol. The van der Waals surface area contributed by atoms with Crippen molar-refractivity contribution in [3.8, 4) is 0 Å². The molecule has 0 unspecified atom stereocenters. The molecule has 0 saturated carbocycles. The van der Waals surface area contributed by atoms with Crippen molar-refractivity contribution in [2.24, 2.45) is 0 Å². The van der Waals surface area contributed by atoms with Gasteiger partial charge >= 0.3 is 0 Å². The number of nitrogens with zero attached hydrogens (tertiary/aromatic N) is 3. The molecule has 0 spiro atoms. The Hall–Kier alpha value is -2.64. The third-order valence-electron chi connectivity index (χ3n) is 5.38. The maximum absolute atomic E-state index is 13.2. The molecule has 0 aliphatic carbocycles. The molecule has 166 valence electrons. The summed E-state index contributed by atoms with van der Waals surface area (Å²) in [5.41, 5.74) is 1.46. The van der Waals surface area contributed by atoms with Crippen LogP contribution in [0.2, 0.25) is 5.02 Å². The standard InChI is InChI=1S/C23H28ClFN4O2/c1-27(19-6-3-2-4-7-19)11-5-10-26-22(30)17-28-12-14-29(15-13-28)23(31)20-9-8-18(25)16-21(20)24/h2-4,6-9,16H,5,10-15,17H2,1H3,(H,26,30). The van der Waals surface area contributed by atoms with Crippen LogP contribution in [-0.2, 0) is 4.79 Å². The zero-order valence-corrected chi connectivity index (χ0v) is 18.4. The van der Waals surface area contributed by atoms with E-state index in [0.717, 1.165) is 24.7 Å². The summed E-state index contributed by atoms with van der Waals surface area (Å²) in [6.07, 6.45) is 0.859. The number of anilines is 1. The third-order valence-corrected chi connectivity index (χ3v) is 5.69. The van der Waals surface area contributed by atoms with Crippen LogP contribution < -0.4 is 10.2 Å². The predicted octanol–water partition coefficient (Wildman–Crippen LogP) is 2.88. The highest BCUT2D eigenvalue weighted by atomic mass is 35.5. The minimum absolute atomic E-state index is 0.0104. The number of carbonyl (C=O) groups excluding carboxylic acids is 2. The third kappa shape index (κ3) is 6.67. The van der Waals surface area contributed by atoms with Gasteiger partial charge in [0, 0.05) is 52.0 Å². The number of rotatable bonds is 8. The van der Waals surface area contributed by atoms with E-state index in [1.807, 2.05) is 30.1 Å². The lowest BCUT2D eigenvalue weighted by Gasteiger charge is -2.34. The van der Waals surface area contributed by atoms with Crippen LogP contribution in [0.3, 0.4) is 0 Å². The molecule has 1 fully saturated rings. The van der Waals surface area contributed by atoms with Gasteiger partial charge in [-0.15, -0.1) is 0 Å². The highest BCUT2D eigenvalue weighted by Gasteiger charge is 2.24. The zero-order chi connectivity index (χ0) is 22.2. The highest BCUT2D eigenvalue weighted by Crippen LogP contribution is 2.20. The normalized spacial score (nSPS) is 14.4. The number of para-hydroxylation sites is 1. The van der Waals surface area contributed by atoms with Gasteiger partial charge in [-0.25, -0.2) is 4.39 Å². The maximum Gasteiger partial charge on any atom is 0.255 e. The molecule has 2 amide bonds. The largest absolute Gasteiger partial charge is 0.375 e. The fraction of sp³-hybridized carbons (Fsp3) is 0.391. The summed E-state index contributed by atoms with van der Waals surface area (Å²) in [5.74, 6) is -0.690. The Morgan fingerprint density at radius 1 is 1.10 bits per heavy atom. The van der Waals surface area contributed by atoms with E-state index in [-0.39, 0.29) is 16.8 Å². The van der Waals surface area contributed by atoms with Crippen LogP contribution in [0.1, 0.15) is 16.8 Å². The van der Waals surface area contributed by atoms with Gasteiger partial charge in [-0.3, -0.25) is 14.5 Å². The summed E-state index contributed by atoms with van der Waals surface area (Å²) in [4.78, 5) is 30.7. The van der Waals surface area contributed by atoms with Crippen LogP contribution in [0.15, 0.2) is 48.5 Å². The fourth-order valence-electron chi connectivity index (χ4n) is 3.56. The molecular weight excluding hydrogens is 419 g/mol. The zero-order valence-electron chi connectivity index (χ0n) is 17.7. The summed E-state index contributed by atoms with van der Waals surface area (Å²) in [7, 11) is 2.04. The number of piperazine rings is 1. The number of hydrogen-bond acceptors (Lipinski definition) is 4. The minimum atomic E-state index is -0.468. The van der Waals surface area contributed by atoms with Crippen LogP contribution >= 0.6 is 11.6 Å². The Bertz CT molecular complexity index is 888. The molecule has 0 atom stereocenters.